The van der Waals surface area contributed by atoms with E-state index in [2.05, 4.69) is 47.5 Å². The monoisotopic (exact) mass is 1060 g/mol. The van der Waals surface area contributed by atoms with Gasteiger partial charge in [0.2, 0.25) is 47.3 Å². The number of para-hydroxylation sites is 1. The van der Waals surface area contributed by atoms with Crippen molar-refractivity contribution in [1.29, 1.82) is 0 Å². The maximum Gasteiger partial charge on any atom is 0.245 e. The third kappa shape index (κ3) is 17.9. The summed E-state index contributed by atoms with van der Waals surface area (Å²) in [6.07, 6.45) is -0.381. The Morgan fingerprint density at radius 1 is 0.703 bits per heavy atom. The van der Waals surface area contributed by atoms with E-state index >= 15 is 0 Å². The molecule has 1 fully saturated rings. The van der Waals surface area contributed by atoms with Gasteiger partial charge in [0.1, 0.15) is 42.3 Å². The van der Waals surface area contributed by atoms with Gasteiger partial charge in [-0.15, -0.1) is 0 Å². The van der Waals surface area contributed by atoms with E-state index in [9.17, 15) is 53.7 Å². The highest BCUT2D eigenvalue weighted by atomic mass is 33.1. The van der Waals surface area contributed by atoms with Gasteiger partial charge in [-0.3, -0.25) is 38.4 Å². The van der Waals surface area contributed by atoms with E-state index in [4.69, 9.17) is 5.73 Å². The molecule has 0 aliphatic carbocycles. The summed E-state index contributed by atoms with van der Waals surface area (Å²) in [6.45, 7) is 3.43. The van der Waals surface area contributed by atoms with Crippen LogP contribution in [0.25, 0.3) is 10.9 Å². The normalized spacial score (nSPS) is 22.3. The molecule has 74 heavy (non-hydrogen) atoms. The summed E-state index contributed by atoms with van der Waals surface area (Å²) in [5.41, 5.74) is 8.52. The van der Waals surface area contributed by atoms with Crippen LogP contribution in [0.15, 0.2) is 91.1 Å². The van der Waals surface area contributed by atoms with E-state index in [1.165, 1.54) is 20.8 Å². The summed E-state index contributed by atoms with van der Waals surface area (Å²) in [5, 5.41) is 53.2. The number of benzene rings is 3. The maximum absolute atomic E-state index is 14.8. The number of aromatic amines is 1. The highest BCUT2D eigenvalue weighted by Crippen LogP contribution is 2.24. The van der Waals surface area contributed by atoms with Gasteiger partial charge in [-0.25, -0.2) is 0 Å². The molecule has 0 radical (unpaired) electrons. The van der Waals surface area contributed by atoms with Crippen molar-refractivity contribution in [1.82, 2.24) is 47.5 Å². The van der Waals surface area contributed by atoms with Crippen molar-refractivity contribution in [2.75, 3.05) is 24.7 Å². The Morgan fingerprint density at radius 2 is 1.30 bits per heavy atom. The summed E-state index contributed by atoms with van der Waals surface area (Å²) in [7, 11) is 2.00. The van der Waals surface area contributed by atoms with Gasteiger partial charge in [-0.1, -0.05) is 100 Å². The van der Waals surface area contributed by atoms with Crippen molar-refractivity contribution in [3.63, 3.8) is 0 Å². The quantitative estimate of drug-likeness (QED) is 0.0436. The number of amides is 8. The van der Waals surface area contributed by atoms with E-state index in [0.29, 0.717) is 29.5 Å². The number of aromatic nitrogens is 1. The summed E-state index contributed by atoms with van der Waals surface area (Å²) < 4.78 is 0. The fourth-order valence-corrected chi connectivity index (χ4v) is 10.4. The van der Waals surface area contributed by atoms with Gasteiger partial charge < -0.3 is 68.6 Å². The third-order valence-electron chi connectivity index (χ3n) is 12.2. The van der Waals surface area contributed by atoms with Crippen LogP contribution in [0.4, 0.5) is 0 Å². The van der Waals surface area contributed by atoms with Crippen LogP contribution in [0.1, 0.15) is 56.7 Å². The van der Waals surface area contributed by atoms with Crippen molar-refractivity contribution in [3.8, 4) is 0 Å². The van der Waals surface area contributed by atoms with Crippen LogP contribution in [-0.4, -0.2) is 153 Å². The molecule has 1 aliphatic heterocycles. The second-order valence-corrected chi connectivity index (χ2v) is 20.7. The Morgan fingerprint density at radius 3 is 1.93 bits per heavy atom. The number of rotatable bonds is 18. The molecule has 1 saturated heterocycles. The molecular formula is C51H68N10O11S2. The lowest BCUT2D eigenvalue weighted by Crippen LogP contribution is -2.62. The highest BCUT2D eigenvalue weighted by molar-refractivity contribution is 8.76. The van der Waals surface area contributed by atoms with Gasteiger partial charge in [-0.05, 0) is 62.4 Å². The lowest BCUT2D eigenvalue weighted by molar-refractivity contribution is -0.136. The number of carbonyl (C=O) groups excluding carboxylic acids is 8. The van der Waals surface area contributed by atoms with Gasteiger partial charge in [-0.2, -0.15) is 0 Å². The van der Waals surface area contributed by atoms with Crippen LogP contribution < -0.4 is 48.3 Å². The Kier molecular flexibility index (Phi) is 23.2. The molecule has 23 heteroatoms. The predicted octanol–water partition coefficient (Wildman–Crippen LogP) is -0.628. The fourth-order valence-electron chi connectivity index (χ4n) is 8.06. The first-order valence-electron chi connectivity index (χ1n) is 24.4. The van der Waals surface area contributed by atoms with E-state index in [1.54, 1.807) is 66.9 Å². The number of fused-ring (bicyclic) bond motifs is 1. The van der Waals surface area contributed by atoms with Crippen molar-refractivity contribution in [2.24, 2.45) is 5.73 Å². The topological polar surface area (TPSA) is 335 Å². The van der Waals surface area contributed by atoms with Gasteiger partial charge in [0.15, 0.2) is 0 Å². The summed E-state index contributed by atoms with van der Waals surface area (Å²) >= 11 is 0. The molecule has 21 nitrogen and oxygen atoms in total. The SMILES string of the molecule is CC(=O)N[C@H](Cc1ccccc1)C(=O)N[C@H]1CSSC[C@@H](C(=O)N[C@H](CO)[C@@H](C)O)NC(=O)[C@@H]([C@@H](C)O)NC(=O)[C@H](CCCCN)NC(=O)[C@@H](Cc2c[nH]c3ccccc23)NC(=O)[C@H](Cc2ccccc2)NC1=O. The van der Waals surface area contributed by atoms with Crippen molar-refractivity contribution in [2.45, 2.75) is 120 Å². The number of unbranched alkanes of at least 4 members (excludes halogenated alkanes) is 1. The molecule has 0 spiro atoms. The zero-order valence-electron chi connectivity index (χ0n) is 41.5. The molecule has 2 heterocycles. The van der Waals surface area contributed by atoms with Crippen LogP contribution in [0.2, 0.25) is 0 Å². The summed E-state index contributed by atoms with van der Waals surface area (Å²) in [4.78, 5) is 116. The molecule has 0 saturated carbocycles. The van der Waals surface area contributed by atoms with E-state index in [1.807, 2.05) is 24.3 Å². The minimum absolute atomic E-state index is 0.0192. The minimum atomic E-state index is -1.68. The fraction of sp³-hybridized carbons (Fsp3) is 0.451. The Bertz CT molecular complexity index is 2520. The molecule has 14 N–H and O–H groups in total. The molecule has 1 aliphatic rings. The molecule has 10 atom stereocenters. The van der Waals surface area contributed by atoms with Crippen LogP contribution >= 0.6 is 21.6 Å². The molecule has 0 bridgehead atoms. The average molecular weight is 1060 g/mol. The minimum Gasteiger partial charge on any atom is -0.394 e. The van der Waals surface area contributed by atoms with E-state index in [0.717, 1.165) is 32.5 Å². The Labute approximate surface area is 437 Å². The van der Waals surface area contributed by atoms with Crippen LogP contribution in [0.3, 0.4) is 0 Å². The molecule has 400 valence electrons. The first-order chi connectivity index (χ1) is 35.5. The molecule has 8 amide bonds. The van der Waals surface area contributed by atoms with Crippen molar-refractivity contribution < 1.29 is 53.7 Å². The van der Waals surface area contributed by atoms with Gasteiger partial charge in [0.05, 0.1) is 24.9 Å². The van der Waals surface area contributed by atoms with Gasteiger partial charge in [0.25, 0.3) is 0 Å². The number of hydrogen-bond donors (Lipinski definition) is 13. The molecule has 5 rings (SSSR count). The zero-order valence-corrected chi connectivity index (χ0v) is 43.1. The number of nitrogens with one attached hydrogen (secondary N) is 9. The summed E-state index contributed by atoms with van der Waals surface area (Å²) in [5.74, 6) is -6.82. The predicted molar refractivity (Wildman–Crippen MR) is 282 cm³/mol. The second-order valence-electron chi connectivity index (χ2n) is 18.1. The molecule has 3 aromatic carbocycles. The van der Waals surface area contributed by atoms with E-state index < -0.39 is 114 Å². The molecular weight excluding hydrogens is 993 g/mol. The lowest BCUT2D eigenvalue weighted by Gasteiger charge is -2.29. The number of H-pyrrole nitrogens is 1. The molecule has 1 aromatic heterocycles. The van der Waals surface area contributed by atoms with Crippen LogP contribution in [-0.2, 0) is 57.6 Å². The number of aliphatic hydroxyl groups is 3. The average Bonchev–Trinajstić information content (AvgIpc) is 3.78. The number of hydrogen-bond acceptors (Lipinski definition) is 14. The smallest absolute Gasteiger partial charge is 0.245 e. The van der Waals surface area contributed by atoms with Crippen molar-refractivity contribution >= 4 is 79.7 Å². The van der Waals surface area contributed by atoms with E-state index in [-0.39, 0.29) is 43.7 Å². The lowest BCUT2D eigenvalue weighted by atomic mass is 10.0. The number of aliphatic hydroxyl groups excluding tert-OH is 3. The Balaban J connectivity index is 1.59. The Hall–Kier alpha value is -6.50. The maximum atomic E-state index is 14.8. The number of carbonyl (C=O) groups is 8. The van der Waals surface area contributed by atoms with Gasteiger partial charge >= 0.3 is 0 Å². The first-order valence-corrected chi connectivity index (χ1v) is 26.9. The standard InChI is InChI=1S/C51H68N10O11S2/c1-29(63)41(26-62)58-50(71)43-28-74-73-27-42(59-46(67)38(54-31(3)65)22-32-14-6-4-7-15-32)49(70)56-39(23-33-16-8-5-9-17-33)47(68)57-40(24-34-25-53-36-19-11-10-18-35(34)36)48(69)55-37(20-12-13-21-52)45(66)61-44(30(2)64)51(72)60-43/h4-11,14-19,25,29-30,37-44,53,62-64H,12-13,20-24,26-28,52H2,1-3H3,(H,54,65)(H,55,69)(H,56,70)(H,57,68)(H,58,71)(H,59,67)(H,60,72)(H,61,66)/t29-,30-,37+,38-,39+,40-,41-,42+,43+,44-/m1/s1. The van der Waals surface area contributed by atoms with Crippen molar-refractivity contribution in [3.05, 3.63) is 108 Å². The van der Waals surface area contributed by atoms with Crippen LogP contribution in [0.5, 0.6) is 0 Å². The van der Waals surface area contributed by atoms with Gasteiger partial charge in [0, 0.05) is 54.8 Å². The van der Waals surface area contributed by atoms with Crippen LogP contribution in [0, 0.1) is 0 Å². The molecule has 4 aromatic rings. The first kappa shape index (κ1) is 58.4. The molecule has 0 unspecified atom stereocenters. The highest BCUT2D eigenvalue weighted by Gasteiger charge is 2.37. The second kappa shape index (κ2) is 29.4. The largest absolute Gasteiger partial charge is 0.394 e. The number of nitrogens with two attached hydrogens (primary N) is 1. The summed E-state index contributed by atoms with van der Waals surface area (Å²) in [6, 6.07) is 14.1. The zero-order chi connectivity index (χ0) is 53.7. The third-order valence-corrected chi connectivity index (χ3v) is 14.6.